The third-order valence-electron chi connectivity index (χ3n) is 4.19. The first kappa shape index (κ1) is 19.0. The molecule has 1 fully saturated rings. The van der Waals surface area contributed by atoms with Crippen LogP contribution in [0.5, 0.6) is 0 Å². The number of hydrogen-bond donors (Lipinski definition) is 2. The Labute approximate surface area is 142 Å². The number of alkyl halides is 3. The van der Waals surface area contributed by atoms with Crippen LogP contribution >= 0.6 is 0 Å². The van der Waals surface area contributed by atoms with E-state index in [1.807, 2.05) is 0 Å². The zero-order valence-electron chi connectivity index (χ0n) is 13.3. The van der Waals surface area contributed by atoms with Crippen molar-refractivity contribution in [1.82, 2.24) is 5.32 Å². The maximum absolute atomic E-state index is 12.7. The summed E-state index contributed by atoms with van der Waals surface area (Å²) in [6.07, 6.45) is -3.32. The first-order valence-electron chi connectivity index (χ1n) is 7.87. The summed E-state index contributed by atoms with van der Waals surface area (Å²) in [7, 11) is 0. The number of aliphatic carboxylic acids is 1. The highest BCUT2D eigenvalue weighted by Gasteiger charge is 2.34. The number of amides is 1. The summed E-state index contributed by atoms with van der Waals surface area (Å²) in [5, 5.41) is 11.6. The Morgan fingerprint density at radius 3 is 2.64 bits per heavy atom. The fourth-order valence-electron chi connectivity index (χ4n) is 2.99. The van der Waals surface area contributed by atoms with Crippen LogP contribution in [0.25, 0.3) is 0 Å². The van der Waals surface area contributed by atoms with Gasteiger partial charge in [0.15, 0.2) is 0 Å². The highest BCUT2D eigenvalue weighted by Crippen LogP contribution is 2.29. The van der Waals surface area contributed by atoms with Gasteiger partial charge in [-0.05, 0) is 30.4 Å². The predicted octanol–water partition coefficient (Wildman–Crippen LogP) is 2.58. The van der Waals surface area contributed by atoms with Crippen LogP contribution in [0.3, 0.4) is 0 Å². The molecule has 1 aliphatic carbocycles. The summed E-state index contributed by atoms with van der Waals surface area (Å²) in [5.74, 6) is -2.49. The van der Waals surface area contributed by atoms with E-state index >= 15 is 0 Å². The second-order valence-electron chi connectivity index (χ2n) is 6.15. The van der Waals surface area contributed by atoms with Gasteiger partial charge >= 0.3 is 12.1 Å². The van der Waals surface area contributed by atoms with Gasteiger partial charge < -0.3 is 10.4 Å². The van der Waals surface area contributed by atoms with Crippen molar-refractivity contribution in [2.24, 2.45) is 5.92 Å². The highest BCUT2D eigenvalue weighted by atomic mass is 19.4. The normalized spacial score (nSPS) is 19.3. The third-order valence-corrected chi connectivity index (χ3v) is 4.19. The van der Waals surface area contributed by atoms with Gasteiger partial charge in [-0.1, -0.05) is 18.2 Å². The molecule has 0 radical (unpaired) electrons. The van der Waals surface area contributed by atoms with Crippen molar-refractivity contribution in [3.8, 4) is 0 Å². The van der Waals surface area contributed by atoms with Crippen molar-refractivity contribution in [1.29, 1.82) is 0 Å². The Bertz CT molecular complexity index is 672. The Balaban J connectivity index is 2.04. The van der Waals surface area contributed by atoms with Gasteiger partial charge in [0.1, 0.15) is 11.8 Å². The van der Waals surface area contributed by atoms with Crippen LogP contribution < -0.4 is 5.32 Å². The lowest BCUT2D eigenvalue weighted by Gasteiger charge is -2.27. The number of rotatable bonds is 5. The summed E-state index contributed by atoms with van der Waals surface area (Å²) >= 11 is 0. The number of benzene rings is 1. The fourth-order valence-corrected chi connectivity index (χ4v) is 2.99. The molecule has 0 spiro atoms. The molecule has 1 aromatic carbocycles. The highest BCUT2D eigenvalue weighted by molar-refractivity contribution is 5.86. The molecule has 1 aromatic rings. The van der Waals surface area contributed by atoms with Gasteiger partial charge in [-0.2, -0.15) is 13.2 Å². The lowest BCUT2D eigenvalue weighted by atomic mass is 9.83. The summed E-state index contributed by atoms with van der Waals surface area (Å²) in [6, 6.07) is 3.10. The van der Waals surface area contributed by atoms with Crippen molar-refractivity contribution in [3.63, 3.8) is 0 Å². The van der Waals surface area contributed by atoms with E-state index in [1.54, 1.807) is 0 Å². The number of ketones is 1. The number of Topliss-reactive ketones (excluding diaryl/α,β-unsaturated/α-hetero) is 1. The monoisotopic (exact) mass is 357 g/mol. The van der Waals surface area contributed by atoms with Crippen LogP contribution in [-0.4, -0.2) is 28.8 Å². The maximum atomic E-state index is 12.7. The van der Waals surface area contributed by atoms with E-state index in [-0.39, 0.29) is 24.2 Å². The van der Waals surface area contributed by atoms with E-state index in [9.17, 15) is 32.7 Å². The second kappa shape index (κ2) is 7.67. The molecular formula is C17H18F3NO4. The third kappa shape index (κ3) is 5.30. The molecule has 0 unspecified atom stereocenters. The summed E-state index contributed by atoms with van der Waals surface area (Å²) in [5.41, 5.74) is -0.735. The molecular weight excluding hydrogens is 339 g/mol. The van der Waals surface area contributed by atoms with Crippen molar-refractivity contribution < 1.29 is 32.7 Å². The second-order valence-corrected chi connectivity index (χ2v) is 6.15. The quantitative estimate of drug-likeness (QED) is 0.848. The number of carbonyl (C=O) groups is 3. The molecule has 1 aliphatic rings. The minimum Gasteiger partial charge on any atom is -0.480 e. The molecule has 0 heterocycles. The smallest absolute Gasteiger partial charge is 0.416 e. The van der Waals surface area contributed by atoms with Gasteiger partial charge in [0, 0.05) is 12.8 Å². The van der Waals surface area contributed by atoms with Crippen LogP contribution in [0, 0.1) is 5.92 Å². The van der Waals surface area contributed by atoms with E-state index in [2.05, 4.69) is 5.32 Å². The molecule has 0 saturated heterocycles. The number of hydrogen-bond acceptors (Lipinski definition) is 3. The van der Waals surface area contributed by atoms with Gasteiger partial charge in [0.2, 0.25) is 5.91 Å². The van der Waals surface area contributed by atoms with Gasteiger partial charge in [-0.25, -0.2) is 4.79 Å². The van der Waals surface area contributed by atoms with Gasteiger partial charge in [-0.3, -0.25) is 9.59 Å². The number of halogens is 3. The maximum Gasteiger partial charge on any atom is 0.416 e. The molecule has 0 aliphatic heterocycles. The lowest BCUT2D eigenvalue weighted by molar-refractivity contribution is -0.144. The van der Waals surface area contributed by atoms with Crippen molar-refractivity contribution in [3.05, 3.63) is 35.4 Å². The van der Waals surface area contributed by atoms with Gasteiger partial charge in [0.05, 0.1) is 12.0 Å². The molecule has 5 nitrogen and oxygen atoms in total. The average molecular weight is 357 g/mol. The topological polar surface area (TPSA) is 83.5 Å². The summed E-state index contributed by atoms with van der Waals surface area (Å²) < 4.78 is 38.1. The molecule has 0 bridgehead atoms. The lowest BCUT2D eigenvalue weighted by Crippen LogP contribution is -2.47. The Hall–Kier alpha value is -2.38. The van der Waals surface area contributed by atoms with Crippen molar-refractivity contribution >= 4 is 17.7 Å². The minimum atomic E-state index is -4.52. The Morgan fingerprint density at radius 1 is 1.32 bits per heavy atom. The zero-order valence-corrected chi connectivity index (χ0v) is 13.3. The van der Waals surface area contributed by atoms with Crippen LogP contribution in [0.4, 0.5) is 13.2 Å². The van der Waals surface area contributed by atoms with Gasteiger partial charge in [0.25, 0.3) is 0 Å². The Morgan fingerprint density at radius 2 is 2.04 bits per heavy atom. The van der Waals surface area contributed by atoms with Crippen LogP contribution in [0.15, 0.2) is 24.3 Å². The first-order chi connectivity index (χ1) is 11.7. The van der Waals surface area contributed by atoms with Crippen LogP contribution in [0.2, 0.25) is 0 Å². The number of carboxylic acids is 1. The standard InChI is InChI=1S/C17H18F3NO4/c18-17(19,20)12-5-1-3-10(7-12)8-14(23)21-15(16(24)25)11-4-2-6-13(22)9-11/h1,3,5,7,11,15H,2,4,6,8-9H2,(H,21,23)(H,24,25)/t11-,15-/m1/s1. The molecule has 2 N–H and O–H groups in total. The molecule has 0 aromatic heterocycles. The number of carbonyl (C=O) groups excluding carboxylic acids is 2. The number of nitrogens with one attached hydrogen (secondary N) is 1. The summed E-state index contributed by atoms with van der Waals surface area (Å²) in [4.78, 5) is 35.0. The molecule has 136 valence electrons. The average Bonchev–Trinajstić information content (AvgIpc) is 2.51. The zero-order chi connectivity index (χ0) is 18.6. The van der Waals surface area contributed by atoms with E-state index < -0.39 is 35.6 Å². The SMILES string of the molecule is O=C1CCC[C@@H]([C@@H](NC(=O)Cc2cccc(C(F)(F)F)c2)C(=O)O)C1. The molecule has 1 amide bonds. The molecule has 2 rings (SSSR count). The Kier molecular flexibility index (Phi) is 5.81. The molecule has 25 heavy (non-hydrogen) atoms. The van der Waals surface area contributed by atoms with E-state index in [4.69, 9.17) is 0 Å². The molecule has 2 atom stereocenters. The predicted molar refractivity (Wildman–Crippen MR) is 81.7 cm³/mol. The molecule has 1 saturated carbocycles. The van der Waals surface area contributed by atoms with Crippen molar-refractivity contribution in [2.75, 3.05) is 0 Å². The molecule has 8 heteroatoms. The van der Waals surface area contributed by atoms with E-state index in [0.29, 0.717) is 19.3 Å². The summed E-state index contributed by atoms with van der Waals surface area (Å²) in [6.45, 7) is 0. The number of carboxylic acid groups (broad SMARTS) is 1. The fraction of sp³-hybridized carbons (Fsp3) is 0.471. The van der Waals surface area contributed by atoms with Gasteiger partial charge in [-0.15, -0.1) is 0 Å². The van der Waals surface area contributed by atoms with E-state index in [1.165, 1.54) is 12.1 Å². The minimum absolute atomic E-state index is 0.0466. The van der Waals surface area contributed by atoms with Crippen molar-refractivity contribution in [2.45, 2.75) is 44.3 Å². The van der Waals surface area contributed by atoms with Crippen LogP contribution in [0.1, 0.15) is 36.8 Å². The largest absolute Gasteiger partial charge is 0.480 e. The van der Waals surface area contributed by atoms with Crippen LogP contribution in [-0.2, 0) is 27.0 Å². The first-order valence-corrected chi connectivity index (χ1v) is 7.87. The van der Waals surface area contributed by atoms with E-state index in [0.717, 1.165) is 12.1 Å².